The first kappa shape index (κ1) is 49.7. The first-order chi connectivity index (χ1) is 32.3. The number of rotatable bonds is 14. The maximum Gasteiger partial charge on any atom is 0.324 e. The van der Waals surface area contributed by atoms with Crippen LogP contribution in [0.25, 0.3) is 11.5 Å². The van der Waals surface area contributed by atoms with Crippen molar-refractivity contribution < 1.29 is 49.9 Å². The van der Waals surface area contributed by atoms with Crippen LogP contribution in [0.5, 0.6) is 0 Å². The third-order valence-corrected chi connectivity index (χ3v) is 11.6. The summed E-state index contributed by atoms with van der Waals surface area (Å²) in [5.74, 6) is -4.56. The molecule has 5 aromatic rings. The summed E-state index contributed by atoms with van der Waals surface area (Å²) in [6.45, 7) is 6.04. The molecule has 2 aliphatic heterocycles. The fraction of sp³-hybridized carbons (Fsp3) is 0.388. The summed E-state index contributed by atoms with van der Waals surface area (Å²) in [4.78, 5) is 56.4. The van der Waals surface area contributed by atoms with Gasteiger partial charge in [-0.1, -0.05) is 56.3 Å². The molecule has 0 unspecified atom stereocenters. The molecule has 18 heteroatoms. The molecule has 5 amide bonds. The number of piperidine rings is 2. The molecule has 3 heterocycles. The molecule has 0 radical (unpaired) electrons. The molecule has 67 heavy (non-hydrogen) atoms. The minimum Gasteiger partial charge on any atom is -0.415 e. The van der Waals surface area contributed by atoms with Gasteiger partial charge in [0.25, 0.3) is 11.8 Å². The van der Waals surface area contributed by atoms with Crippen molar-refractivity contribution in [3.63, 3.8) is 0 Å². The molecule has 4 aromatic carbocycles. The van der Waals surface area contributed by atoms with Gasteiger partial charge in [-0.05, 0) is 105 Å². The van der Waals surface area contributed by atoms with Crippen molar-refractivity contribution in [1.29, 1.82) is 0 Å². The van der Waals surface area contributed by atoms with E-state index in [0.717, 1.165) is 74.6 Å². The van der Waals surface area contributed by atoms with Gasteiger partial charge in [0.1, 0.15) is 11.6 Å². The zero-order valence-corrected chi connectivity index (χ0v) is 37.3. The Morgan fingerprint density at radius 1 is 0.642 bits per heavy atom. The number of amides is 5. The number of carbonyl (C=O) groups is 4. The molecule has 0 aliphatic carbocycles. The Labute approximate surface area is 384 Å². The number of halogens is 6. The molecule has 2 fully saturated rings. The first-order valence-corrected chi connectivity index (χ1v) is 22.3. The van der Waals surface area contributed by atoms with E-state index >= 15 is 4.39 Å². The van der Waals surface area contributed by atoms with Gasteiger partial charge in [-0.2, -0.15) is 17.6 Å². The predicted molar refractivity (Wildman–Crippen MR) is 240 cm³/mol. The smallest absolute Gasteiger partial charge is 0.324 e. The summed E-state index contributed by atoms with van der Waals surface area (Å²) >= 11 is 0. The van der Waals surface area contributed by atoms with Crippen molar-refractivity contribution in [2.24, 2.45) is 0 Å². The van der Waals surface area contributed by atoms with E-state index in [-0.39, 0.29) is 53.3 Å². The van der Waals surface area contributed by atoms with E-state index in [1.807, 2.05) is 60.8 Å². The molecule has 1 aromatic heterocycles. The molecule has 0 saturated carbocycles. The summed E-state index contributed by atoms with van der Waals surface area (Å²) in [5, 5.41) is 8.64. The minimum absolute atomic E-state index is 0.0268. The number of urea groups is 2. The van der Waals surface area contributed by atoms with Crippen molar-refractivity contribution >= 4 is 35.1 Å². The van der Waals surface area contributed by atoms with Crippen molar-refractivity contribution in [3.8, 4) is 11.5 Å². The van der Waals surface area contributed by atoms with Crippen LogP contribution >= 0.6 is 0 Å². The van der Waals surface area contributed by atoms with Crippen molar-refractivity contribution in [3.05, 3.63) is 130 Å². The molecule has 0 bridgehead atoms. The van der Waals surface area contributed by atoms with Gasteiger partial charge in [-0.3, -0.25) is 19.4 Å². The number of Topliss-reactive ketones (excluding diaryl/α,β-unsaturated/α-hetero) is 1. The topological polar surface area (TPSA) is 132 Å². The van der Waals surface area contributed by atoms with Crippen molar-refractivity contribution in [1.82, 2.24) is 25.3 Å². The third kappa shape index (κ3) is 13.2. The standard InChI is InChI=1S/C25H28F3N3O3.C24H25F3N4O2/c1-2-17-6-10-20(11-7-17)31(25(34)30-12-4-3-5-13-30)16-19-9-8-18(14-21(19)26)22(32)15-29-24(33)23(27)28;1-2-16-6-10-19(11-7-16)31(24(32)30-12-4-3-5-13-30)15-18-9-8-17(14-20(18)25)22-28-29-23(33-22)21(26)27/h6-11,14,23H,2-5,12-13,15-16H2,1H3,(H,29,33);6-11,14,21H,2-5,12-13,15H2,1H3. The maximum absolute atomic E-state index is 15.0. The van der Waals surface area contributed by atoms with E-state index in [1.54, 1.807) is 14.7 Å². The molecular weight excluding hydrogens is 881 g/mol. The average Bonchev–Trinajstić information content (AvgIpc) is 3.86. The maximum atomic E-state index is 15.0. The Hall–Kier alpha value is -6.72. The van der Waals surface area contributed by atoms with Crippen LogP contribution in [0, 0.1) is 11.6 Å². The van der Waals surface area contributed by atoms with E-state index in [2.05, 4.69) is 17.1 Å². The Morgan fingerprint density at radius 2 is 1.12 bits per heavy atom. The van der Waals surface area contributed by atoms with E-state index in [1.165, 1.54) is 29.2 Å². The van der Waals surface area contributed by atoms with Crippen LogP contribution in [-0.4, -0.2) is 82.9 Å². The van der Waals surface area contributed by atoms with Gasteiger partial charge in [-0.15, -0.1) is 10.2 Å². The van der Waals surface area contributed by atoms with Crippen LogP contribution in [0.15, 0.2) is 89.3 Å². The summed E-state index contributed by atoms with van der Waals surface area (Å²) in [7, 11) is 0. The van der Waals surface area contributed by atoms with Gasteiger partial charge in [0.2, 0.25) is 5.89 Å². The van der Waals surface area contributed by atoms with Gasteiger partial charge in [0, 0.05) is 59.8 Å². The molecule has 0 atom stereocenters. The number of hydrogen-bond acceptors (Lipinski definition) is 7. The highest BCUT2D eigenvalue weighted by atomic mass is 19.3. The van der Waals surface area contributed by atoms with Gasteiger partial charge in [0.05, 0.1) is 19.6 Å². The van der Waals surface area contributed by atoms with Crippen LogP contribution in [0.3, 0.4) is 0 Å². The average molecular weight is 934 g/mol. The van der Waals surface area contributed by atoms with Crippen LogP contribution in [0.1, 0.15) is 97.3 Å². The van der Waals surface area contributed by atoms with Gasteiger partial charge >= 0.3 is 24.9 Å². The number of nitrogens with zero attached hydrogens (tertiary/aromatic N) is 6. The van der Waals surface area contributed by atoms with E-state index < -0.39 is 48.6 Å². The highest BCUT2D eigenvalue weighted by Crippen LogP contribution is 2.28. The number of aromatic nitrogens is 2. The van der Waals surface area contributed by atoms with Crippen molar-refractivity contribution in [2.45, 2.75) is 91.2 Å². The lowest BCUT2D eigenvalue weighted by molar-refractivity contribution is -0.131. The SMILES string of the molecule is CCc1ccc(N(Cc2ccc(-c3nnc(C(F)F)o3)cc2F)C(=O)N2CCCCC2)cc1.CCc1ccc(N(Cc2ccc(C(=O)CNC(=O)C(F)F)cc2F)C(=O)N2CCCCC2)cc1. The Balaban J connectivity index is 0.000000221. The van der Waals surface area contributed by atoms with E-state index in [0.29, 0.717) is 37.6 Å². The lowest BCUT2D eigenvalue weighted by Crippen LogP contribution is -2.45. The number of aryl methyl sites for hydroxylation is 2. The van der Waals surface area contributed by atoms with Gasteiger partial charge in [0.15, 0.2) is 5.78 Å². The lowest BCUT2D eigenvalue weighted by Gasteiger charge is -2.33. The monoisotopic (exact) mass is 933 g/mol. The Bertz CT molecular complexity index is 2460. The van der Waals surface area contributed by atoms with E-state index in [4.69, 9.17) is 4.42 Å². The number of hydrogen-bond donors (Lipinski definition) is 1. The summed E-state index contributed by atoms with van der Waals surface area (Å²) in [6, 6.07) is 22.8. The number of anilines is 2. The third-order valence-electron chi connectivity index (χ3n) is 11.6. The zero-order valence-electron chi connectivity index (χ0n) is 37.3. The number of alkyl halides is 4. The highest BCUT2D eigenvalue weighted by molar-refractivity contribution is 5.99. The van der Waals surface area contributed by atoms with Gasteiger partial charge < -0.3 is 19.5 Å². The minimum atomic E-state index is -3.23. The van der Waals surface area contributed by atoms with E-state index in [9.17, 15) is 41.1 Å². The number of benzene rings is 4. The van der Waals surface area contributed by atoms with Crippen molar-refractivity contribution in [2.75, 3.05) is 42.5 Å². The number of likely N-dealkylation sites (tertiary alicyclic amines) is 2. The summed E-state index contributed by atoms with van der Waals surface area (Å²) < 4.78 is 84.8. The molecule has 7 rings (SSSR count). The molecule has 356 valence electrons. The normalized spacial score (nSPS) is 13.8. The largest absolute Gasteiger partial charge is 0.415 e. The zero-order chi connectivity index (χ0) is 48.0. The molecular formula is C49H53F6N7O5. The molecule has 0 spiro atoms. The van der Waals surface area contributed by atoms with Gasteiger partial charge in [-0.25, -0.2) is 18.4 Å². The fourth-order valence-electron chi connectivity index (χ4n) is 7.66. The first-order valence-electron chi connectivity index (χ1n) is 22.3. The number of ketones is 1. The lowest BCUT2D eigenvalue weighted by atomic mass is 10.1. The Morgan fingerprint density at radius 3 is 1.54 bits per heavy atom. The second kappa shape index (κ2) is 23.6. The second-order valence-corrected chi connectivity index (χ2v) is 16.2. The number of carbonyl (C=O) groups excluding carboxylic acids is 4. The highest BCUT2D eigenvalue weighted by Gasteiger charge is 2.28. The summed E-state index contributed by atoms with van der Waals surface area (Å²) in [6.07, 6.45) is 1.48. The fourth-order valence-corrected chi connectivity index (χ4v) is 7.66. The van der Waals surface area contributed by atoms with Crippen LogP contribution in [0.2, 0.25) is 0 Å². The predicted octanol–water partition coefficient (Wildman–Crippen LogP) is 10.6. The molecule has 1 N–H and O–H groups in total. The molecule has 2 saturated heterocycles. The molecule has 2 aliphatic rings. The second-order valence-electron chi connectivity index (χ2n) is 16.2. The quantitative estimate of drug-likeness (QED) is 0.0866. The Kier molecular flexibility index (Phi) is 17.5. The van der Waals surface area contributed by atoms with Crippen LogP contribution in [-0.2, 0) is 30.7 Å². The number of nitrogens with one attached hydrogen (secondary N) is 1. The summed E-state index contributed by atoms with van der Waals surface area (Å²) in [5.41, 5.74) is 4.21. The van der Waals surface area contributed by atoms with Crippen LogP contribution in [0.4, 0.5) is 47.3 Å². The van der Waals surface area contributed by atoms with Crippen LogP contribution < -0.4 is 15.1 Å². The molecule has 12 nitrogen and oxygen atoms in total.